The van der Waals surface area contributed by atoms with Crippen molar-refractivity contribution >= 4 is 0 Å². The van der Waals surface area contributed by atoms with E-state index in [1.165, 1.54) is 6.07 Å². The summed E-state index contributed by atoms with van der Waals surface area (Å²) in [4.78, 5) is 0. The summed E-state index contributed by atoms with van der Waals surface area (Å²) < 4.78 is 45.7. The molecule has 21 heavy (non-hydrogen) atoms. The van der Waals surface area contributed by atoms with E-state index >= 15 is 0 Å². The van der Waals surface area contributed by atoms with Crippen LogP contribution in [0.5, 0.6) is 5.75 Å². The van der Waals surface area contributed by atoms with E-state index in [2.05, 4.69) is 5.32 Å². The highest BCUT2D eigenvalue weighted by Crippen LogP contribution is 2.30. The quantitative estimate of drug-likeness (QED) is 0.868. The second-order valence-corrected chi connectivity index (χ2v) is 4.72. The van der Waals surface area contributed by atoms with Crippen LogP contribution in [0.1, 0.15) is 22.7 Å². The first kappa shape index (κ1) is 15.4. The summed E-state index contributed by atoms with van der Waals surface area (Å²) in [5, 5.41) is 2.91. The third-order valence-electron chi connectivity index (χ3n) is 3.43. The minimum atomic E-state index is -1.47. The van der Waals surface area contributed by atoms with Gasteiger partial charge in [0.25, 0.3) is 0 Å². The van der Waals surface area contributed by atoms with E-state index in [4.69, 9.17) is 4.74 Å². The van der Waals surface area contributed by atoms with Crippen molar-refractivity contribution in [2.24, 2.45) is 0 Å². The zero-order chi connectivity index (χ0) is 15.6. The number of nitrogens with one attached hydrogen (secondary N) is 1. The number of hydrogen-bond donors (Lipinski definition) is 1. The van der Waals surface area contributed by atoms with Crippen LogP contribution in [0.15, 0.2) is 30.3 Å². The fourth-order valence-corrected chi connectivity index (χ4v) is 2.28. The van der Waals surface area contributed by atoms with Gasteiger partial charge in [-0.3, -0.25) is 0 Å². The van der Waals surface area contributed by atoms with Crippen LogP contribution in [-0.2, 0) is 0 Å². The van der Waals surface area contributed by atoms with Gasteiger partial charge in [0.05, 0.1) is 13.2 Å². The molecule has 0 heterocycles. The van der Waals surface area contributed by atoms with E-state index in [0.29, 0.717) is 11.3 Å². The Kier molecular flexibility index (Phi) is 4.53. The molecule has 1 unspecified atom stereocenters. The normalized spacial score (nSPS) is 12.3. The largest absolute Gasteiger partial charge is 0.496 e. The fraction of sp³-hybridized carbons (Fsp3) is 0.250. The molecule has 1 atom stereocenters. The Labute approximate surface area is 121 Å². The molecule has 2 aromatic carbocycles. The monoisotopic (exact) mass is 295 g/mol. The van der Waals surface area contributed by atoms with Crippen molar-refractivity contribution in [3.05, 3.63) is 64.5 Å². The van der Waals surface area contributed by atoms with Gasteiger partial charge in [0.15, 0.2) is 17.5 Å². The van der Waals surface area contributed by atoms with Crippen LogP contribution < -0.4 is 10.1 Å². The first-order chi connectivity index (χ1) is 9.99. The van der Waals surface area contributed by atoms with E-state index in [1.54, 1.807) is 26.3 Å². The molecule has 112 valence electrons. The lowest BCUT2D eigenvalue weighted by atomic mass is 9.97. The lowest BCUT2D eigenvalue weighted by molar-refractivity contribution is 0.410. The summed E-state index contributed by atoms with van der Waals surface area (Å²) >= 11 is 0. The van der Waals surface area contributed by atoms with Gasteiger partial charge in [0.1, 0.15) is 5.75 Å². The maximum absolute atomic E-state index is 14.0. The van der Waals surface area contributed by atoms with Gasteiger partial charge in [0, 0.05) is 5.56 Å². The topological polar surface area (TPSA) is 21.3 Å². The number of rotatable bonds is 4. The Morgan fingerprint density at radius 1 is 1.05 bits per heavy atom. The number of ether oxygens (including phenoxy) is 1. The molecule has 2 nitrogen and oxygen atoms in total. The molecule has 0 aliphatic heterocycles. The van der Waals surface area contributed by atoms with Crippen molar-refractivity contribution in [1.29, 1.82) is 0 Å². The predicted octanol–water partition coefficient (Wildman–Crippen LogP) is 3.73. The fourth-order valence-electron chi connectivity index (χ4n) is 2.28. The Hall–Kier alpha value is -2.01. The summed E-state index contributed by atoms with van der Waals surface area (Å²) in [6, 6.07) is 6.92. The minimum absolute atomic E-state index is 0.0438. The Balaban J connectivity index is 2.52. The highest BCUT2D eigenvalue weighted by molar-refractivity contribution is 5.41. The van der Waals surface area contributed by atoms with Crippen LogP contribution in [-0.4, -0.2) is 14.2 Å². The third kappa shape index (κ3) is 2.88. The van der Waals surface area contributed by atoms with Gasteiger partial charge in [0.2, 0.25) is 0 Å². The van der Waals surface area contributed by atoms with E-state index in [0.717, 1.165) is 11.6 Å². The average Bonchev–Trinajstić information content (AvgIpc) is 2.49. The highest BCUT2D eigenvalue weighted by atomic mass is 19.2. The van der Waals surface area contributed by atoms with Crippen molar-refractivity contribution < 1.29 is 17.9 Å². The Morgan fingerprint density at radius 2 is 1.76 bits per heavy atom. The molecule has 0 saturated heterocycles. The molecule has 0 aliphatic carbocycles. The van der Waals surface area contributed by atoms with E-state index in [-0.39, 0.29) is 5.56 Å². The van der Waals surface area contributed by atoms with E-state index < -0.39 is 23.5 Å². The van der Waals surface area contributed by atoms with Gasteiger partial charge < -0.3 is 10.1 Å². The molecule has 0 aliphatic rings. The van der Waals surface area contributed by atoms with Crippen molar-refractivity contribution in [2.75, 3.05) is 14.2 Å². The molecule has 0 saturated carbocycles. The van der Waals surface area contributed by atoms with Crippen molar-refractivity contribution in [2.45, 2.75) is 13.0 Å². The summed E-state index contributed by atoms with van der Waals surface area (Å²) in [5.74, 6) is -3.20. The highest BCUT2D eigenvalue weighted by Gasteiger charge is 2.21. The molecule has 0 aromatic heterocycles. The molecular formula is C16H16F3NO. The molecular weight excluding hydrogens is 279 g/mol. The number of aryl methyl sites for hydroxylation is 1. The van der Waals surface area contributed by atoms with Gasteiger partial charge >= 0.3 is 0 Å². The lowest BCUT2D eigenvalue weighted by Crippen LogP contribution is -2.20. The van der Waals surface area contributed by atoms with Crippen LogP contribution in [0.25, 0.3) is 0 Å². The van der Waals surface area contributed by atoms with E-state index in [1.807, 2.05) is 13.0 Å². The van der Waals surface area contributed by atoms with Crippen LogP contribution >= 0.6 is 0 Å². The molecule has 5 heteroatoms. The van der Waals surface area contributed by atoms with Gasteiger partial charge in [-0.1, -0.05) is 18.2 Å². The number of methoxy groups -OCH3 is 1. The summed E-state index contributed by atoms with van der Waals surface area (Å²) in [6.45, 7) is 1.88. The predicted molar refractivity (Wildman–Crippen MR) is 74.9 cm³/mol. The Bertz CT molecular complexity index is 658. The molecule has 0 fully saturated rings. The maximum atomic E-state index is 14.0. The first-order valence-corrected chi connectivity index (χ1v) is 6.44. The summed E-state index contributed by atoms with van der Waals surface area (Å²) in [5.41, 5.74) is 1.68. The molecule has 0 radical (unpaired) electrons. The minimum Gasteiger partial charge on any atom is -0.496 e. The zero-order valence-electron chi connectivity index (χ0n) is 12.0. The summed E-state index contributed by atoms with van der Waals surface area (Å²) in [6.07, 6.45) is 0. The van der Waals surface area contributed by atoms with E-state index in [9.17, 15) is 13.2 Å². The summed E-state index contributed by atoms with van der Waals surface area (Å²) in [7, 11) is 3.16. The second-order valence-electron chi connectivity index (χ2n) is 4.72. The molecule has 1 N–H and O–H groups in total. The maximum Gasteiger partial charge on any atom is 0.194 e. The van der Waals surface area contributed by atoms with Gasteiger partial charge in [-0.15, -0.1) is 0 Å². The standard InChI is InChI=1S/C16H16F3NO/c1-9-4-5-10(8-13(9)21-3)16(20-2)11-6-7-12(17)15(19)14(11)18/h4-8,16,20H,1-3H3. The van der Waals surface area contributed by atoms with Gasteiger partial charge in [-0.2, -0.15) is 0 Å². The SMILES string of the molecule is CNC(c1ccc(C)c(OC)c1)c1ccc(F)c(F)c1F. The van der Waals surface area contributed by atoms with Crippen LogP contribution in [0.3, 0.4) is 0 Å². The number of halogens is 3. The zero-order valence-corrected chi connectivity index (χ0v) is 12.0. The van der Waals surface area contributed by atoms with Crippen LogP contribution in [0, 0.1) is 24.4 Å². The molecule has 0 spiro atoms. The van der Waals surface area contributed by atoms with Crippen LogP contribution in [0.4, 0.5) is 13.2 Å². The average molecular weight is 295 g/mol. The lowest BCUT2D eigenvalue weighted by Gasteiger charge is -2.19. The van der Waals surface area contributed by atoms with Crippen molar-refractivity contribution in [3.63, 3.8) is 0 Å². The molecule has 0 bridgehead atoms. The number of benzene rings is 2. The van der Waals surface area contributed by atoms with Crippen molar-refractivity contribution in [1.82, 2.24) is 5.32 Å². The molecule has 2 rings (SSSR count). The van der Waals surface area contributed by atoms with Crippen LogP contribution in [0.2, 0.25) is 0 Å². The Morgan fingerprint density at radius 3 is 2.38 bits per heavy atom. The number of hydrogen-bond acceptors (Lipinski definition) is 2. The smallest absolute Gasteiger partial charge is 0.194 e. The first-order valence-electron chi connectivity index (χ1n) is 6.44. The molecule has 0 amide bonds. The molecule has 2 aromatic rings. The third-order valence-corrected chi connectivity index (χ3v) is 3.43. The van der Waals surface area contributed by atoms with Gasteiger partial charge in [-0.25, -0.2) is 13.2 Å². The second kappa shape index (κ2) is 6.18. The van der Waals surface area contributed by atoms with Crippen molar-refractivity contribution in [3.8, 4) is 5.75 Å². The van der Waals surface area contributed by atoms with Gasteiger partial charge in [-0.05, 0) is 37.2 Å².